The van der Waals surface area contributed by atoms with Crippen LogP contribution in [0.1, 0.15) is 33.1 Å². The van der Waals surface area contributed by atoms with Crippen molar-refractivity contribution in [2.75, 3.05) is 5.32 Å². The SMILES string of the molecule is CC1CCCC(Nc2ccc(OC(F)F)c(F)c2)C1C. The maximum atomic E-state index is 13.6. The molecule has 3 unspecified atom stereocenters. The number of ether oxygens (including phenoxy) is 1. The molecule has 1 N–H and O–H groups in total. The summed E-state index contributed by atoms with van der Waals surface area (Å²) in [5, 5.41) is 3.30. The molecule has 0 aromatic heterocycles. The molecule has 20 heavy (non-hydrogen) atoms. The molecule has 1 aliphatic rings. The number of halogens is 3. The summed E-state index contributed by atoms with van der Waals surface area (Å²) in [4.78, 5) is 0. The number of hydrogen-bond donors (Lipinski definition) is 1. The minimum atomic E-state index is -3.01. The molecule has 0 spiro atoms. The van der Waals surface area contributed by atoms with Crippen molar-refractivity contribution in [2.24, 2.45) is 11.8 Å². The van der Waals surface area contributed by atoms with Crippen molar-refractivity contribution in [1.82, 2.24) is 0 Å². The van der Waals surface area contributed by atoms with Crippen molar-refractivity contribution >= 4 is 5.69 Å². The highest BCUT2D eigenvalue weighted by Crippen LogP contribution is 2.32. The minimum Gasteiger partial charge on any atom is -0.432 e. The van der Waals surface area contributed by atoms with E-state index in [2.05, 4.69) is 23.9 Å². The lowest BCUT2D eigenvalue weighted by molar-refractivity contribution is -0.0521. The molecule has 3 atom stereocenters. The molecule has 112 valence electrons. The van der Waals surface area contributed by atoms with Gasteiger partial charge in [0.05, 0.1) is 0 Å². The van der Waals surface area contributed by atoms with Crippen LogP contribution < -0.4 is 10.1 Å². The molecule has 0 radical (unpaired) electrons. The zero-order chi connectivity index (χ0) is 14.7. The molecule has 0 bridgehead atoms. The number of hydrogen-bond acceptors (Lipinski definition) is 2. The molecular weight excluding hydrogens is 267 g/mol. The summed E-state index contributed by atoms with van der Waals surface area (Å²) in [6.45, 7) is 1.40. The van der Waals surface area contributed by atoms with E-state index >= 15 is 0 Å². The van der Waals surface area contributed by atoms with E-state index in [1.807, 2.05) is 0 Å². The van der Waals surface area contributed by atoms with Crippen LogP contribution in [0.4, 0.5) is 18.9 Å². The Morgan fingerprint density at radius 3 is 2.65 bits per heavy atom. The van der Waals surface area contributed by atoms with E-state index < -0.39 is 18.2 Å². The van der Waals surface area contributed by atoms with Gasteiger partial charge in [-0.25, -0.2) is 4.39 Å². The van der Waals surface area contributed by atoms with Crippen LogP contribution in [0.15, 0.2) is 18.2 Å². The first-order valence-electron chi connectivity index (χ1n) is 6.98. The quantitative estimate of drug-likeness (QED) is 0.869. The molecule has 0 saturated heterocycles. The fourth-order valence-corrected chi connectivity index (χ4v) is 2.78. The molecule has 2 nitrogen and oxygen atoms in total. The van der Waals surface area contributed by atoms with E-state index in [0.717, 1.165) is 12.8 Å². The van der Waals surface area contributed by atoms with Crippen molar-refractivity contribution in [3.8, 4) is 5.75 Å². The Bertz CT molecular complexity index is 453. The molecule has 0 heterocycles. The van der Waals surface area contributed by atoms with E-state index in [1.54, 1.807) is 6.07 Å². The van der Waals surface area contributed by atoms with Gasteiger partial charge in [-0.3, -0.25) is 0 Å². The molecular formula is C15H20F3NO. The number of anilines is 1. The summed E-state index contributed by atoms with van der Waals surface area (Å²) in [5.74, 6) is -0.0567. The predicted molar refractivity (Wildman–Crippen MR) is 72.6 cm³/mol. The molecule has 1 saturated carbocycles. The van der Waals surface area contributed by atoms with Gasteiger partial charge >= 0.3 is 6.61 Å². The number of benzene rings is 1. The fraction of sp³-hybridized carbons (Fsp3) is 0.600. The van der Waals surface area contributed by atoms with Gasteiger partial charge in [0.2, 0.25) is 0 Å². The topological polar surface area (TPSA) is 21.3 Å². The first kappa shape index (κ1) is 15.0. The Balaban J connectivity index is 2.04. The second-order valence-electron chi connectivity index (χ2n) is 5.54. The summed E-state index contributed by atoms with van der Waals surface area (Å²) >= 11 is 0. The smallest absolute Gasteiger partial charge is 0.387 e. The third-order valence-corrected chi connectivity index (χ3v) is 4.21. The monoisotopic (exact) mass is 287 g/mol. The van der Waals surface area contributed by atoms with Gasteiger partial charge in [0.25, 0.3) is 0 Å². The molecule has 0 aliphatic heterocycles. The summed E-state index contributed by atoms with van der Waals surface area (Å²) < 4.78 is 41.9. The van der Waals surface area contributed by atoms with Crippen LogP contribution in [0.3, 0.4) is 0 Å². The van der Waals surface area contributed by atoms with Crippen molar-refractivity contribution in [3.05, 3.63) is 24.0 Å². The average molecular weight is 287 g/mol. The van der Waals surface area contributed by atoms with E-state index in [9.17, 15) is 13.2 Å². The molecule has 5 heteroatoms. The van der Waals surface area contributed by atoms with E-state index in [0.29, 0.717) is 23.6 Å². The van der Waals surface area contributed by atoms with Crippen LogP contribution in [0.25, 0.3) is 0 Å². The van der Waals surface area contributed by atoms with Gasteiger partial charge in [-0.15, -0.1) is 0 Å². The first-order valence-corrected chi connectivity index (χ1v) is 6.98. The standard InChI is InChI=1S/C15H20F3NO/c1-9-4-3-5-13(10(9)2)19-11-6-7-14(12(16)8-11)20-15(17)18/h6-10,13,15,19H,3-5H2,1-2H3. The molecule has 1 fully saturated rings. The number of alkyl halides is 2. The van der Waals surface area contributed by atoms with Crippen molar-refractivity contribution in [2.45, 2.75) is 45.8 Å². The van der Waals surface area contributed by atoms with Gasteiger partial charge in [-0.2, -0.15) is 8.78 Å². The Labute approximate surface area is 117 Å². The van der Waals surface area contributed by atoms with Crippen LogP contribution in [-0.4, -0.2) is 12.7 Å². The maximum absolute atomic E-state index is 13.6. The molecule has 1 aromatic rings. The van der Waals surface area contributed by atoms with E-state index in [4.69, 9.17) is 0 Å². The van der Waals surface area contributed by atoms with E-state index in [-0.39, 0.29) is 0 Å². The van der Waals surface area contributed by atoms with Gasteiger partial charge in [0.1, 0.15) is 0 Å². The highest BCUT2D eigenvalue weighted by molar-refractivity contribution is 5.48. The minimum absolute atomic E-state index is 0.292. The zero-order valence-electron chi connectivity index (χ0n) is 11.7. The lowest BCUT2D eigenvalue weighted by atomic mass is 9.78. The van der Waals surface area contributed by atoms with Crippen LogP contribution in [0.5, 0.6) is 5.75 Å². The first-order chi connectivity index (χ1) is 9.47. The Morgan fingerprint density at radius 1 is 1.25 bits per heavy atom. The van der Waals surface area contributed by atoms with Crippen molar-refractivity contribution < 1.29 is 17.9 Å². The third kappa shape index (κ3) is 3.58. The third-order valence-electron chi connectivity index (χ3n) is 4.21. The van der Waals surface area contributed by atoms with Crippen molar-refractivity contribution in [3.63, 3.8) is 0 Å². The van der Waals surface area contributed by atoms with Crippen LogP contribution in [0.2, 0.25) is 0 Å². The van der Waals surface area contributed by atoms with Crippen LogP contribution in [-0.2, 0) is 0 Å². The average Bonchev–Trinajstić information content (AvgIpc) is 2.38. The van der Waals surface area contributed by atoms with Gasteiger partial charge in [0, 0.05) is 17.8 Å². The van der Waals surface area contributed by atoms with E-state index in [1.165, 1.54) is 18.6 Å². The second-order valence-corrected chi connectivity index (χ2v) is 5.54. The summed E-state index contributed by atoms with van der Waals surface area (Å²) in [6, 6.07) is 4.32. The summed E-state index contributed by atoms with van der Waals surface area (Å²) in [6.07, 6.45) is 3.41. The van der Waals surface area contributed by atoms with Crippen molar-refractivity contribution in [1.29, 1.82) is 0 Å². The lowest BCUT2D eigenvalue weighted by Crippen LogP contribution is -2.35. The van der Waals surface area contributed by atoms with Crippen LogP contribution >= 0.6 is 0 Å². The molecule has 0 amide bonds. The molecule has 2 rings (SSSR count). The molecule has 1 aromatic carbocycles. The zero-order valence-corrected chi connectivity index (χ0v) is 11.7. The number of rotatable bonds is 4. The van der Waals surface area contributed by atoms with Gasteiger partial charge in [0.15, 0.2) is 11.6 Å². The van der Waals surface area contributed by atoms with Gasteiger partial charge in [-0.1, -0.05) is 26.7 Å². The fourth-order valence-electron chi connectivity index (χ4n) is 2.78. The highest BCUT2D eigenvalue weighted by atomic mass is 19.3. The second kappa shape index (κ2) is 6.37. The Kier molecular flexibility index (Phi) is 4.78. The van der Waals surface area contributed by atoms with Gasteiger partial charge in [-0.05, 0) is 30.4 Å². The largest absolute Gasteiger partial charge is 0.432 e. The van der Waals surface area contributed by atoms with Crippen LogP contribution in [0, 0.1) is 17.7 Å². The molecule has 1 aliphatic carbocycles. The maximum Gasteiger partial charge on any atom is 0.387 e. The Morgan fingerprint density at radius 2 is 2.00 bits per heavy atom. The highest BCUT2D eigenvalue weighted by Gasteiger charge is 2.27. The van der Waals surface area contributed by atoms with Gasteiger partial charge < -0.3 is 10.1 Å². The lowest BCUT2D eigenvalue weighted by Gasteiger charge is -2.35. The number of nitrogens with one attached hydrogen (secondary N) is 1. The summed E-state index contributed by atoms with van der Waals surface area (Å²) in [5.41, 5.74) is 0.607. The normalized spacial score (nSPS) is 26.6. The Hall–Kier alpha value is -1.39. The predicted octanol–water partition coefficient (Wildman–Crippen LogP) is 4.66. The summed E-state index contributed by atoms with van der Waals surface area (Å²) in [7, 11) is 0.